The Morgan fingerprint density at radius 1 is 1.27 bits per heavy atom. The van der Waals surface area contributed by atoms with Gasteiger partial charge in [0, 0.05) is 6.42 Å². The van der Waals surface area contributed by atoms with Crippen LogP contribution in [-0.4, -0.2) is 27.8 Å². The molecule has 3 atom stereocenters. The van der Waals surface area contributed by atoms with Gasteiger partial charge in [-0.3, -0.25) is 0 Å². The first-order valence-corrected chi connectivity index (χ1v) is 6.16. The lowest BCUT2D eigenvalue weighted by Gasteiger charge is -2.17. The maximum absolute atomic E-state index is 9.58. The Morgan fingerprint density at radius 2 is 1.93 bits per heavy atom. The van der Waals surface area contributed by atoms with E-state index in [-0.39, 0.29) is 5.38 Å². The number of unbranched alkanes of at least 4 members (excludes halogenated alkanes) is 1. The van der Waals surface area contributed by atoms with Crippen molar-refractivity contribution < 1.29 is 10.2 Å². The largest absolute Gasteiger partial charge is 0.393 e. The van der Waals surface area contributed by atoms with Crippen molar-refractivity contribution in [3.8, 4) is 0 Å². The SMILES string of the molecule is CCC=CCCC[C@@H](Cl)[C@@H](O)C[C@H](C)O. The molecule has 3 heteroatoms. The highest BCUT2D eigenvalue weighted by atomic mass is 35.5. The van der Waals surface area contributed by atoms with Gasteiger partial charge in [0.05, 0.1) is 17.6 Å². The number of aliphatic hydroxyl groups is 2. The van der Waals surface area contributed by atoms with Gasteiger partial charge in [-0.1, -0.05) is 19.1 Å². The van der Waals surface area contributed by atoms with Crippen LogP contribution < -0.4 is 0 Å². The second kappa shape index (κ2) is 9.20. The van der Waals surface area contributed by atoms with E-state index in [0.29, 0.717) is 6.42 Å². The van der Waals surface area contributed by atoms with Gasteiger partial charge in [-0.2, -0.15) is 0 Å². The molecule has 0 fully saturated rings. The van der Waals surface area contributed by atoms with Gasteiger partial charge in [-0.25, -0.2) is 0 Å². The third-order valence-electron chi connectivity index (χ3n) is 2.25. The molecular formula is C12H23ClO2. The molecule has 0 bridgehead atoms. The molecule has 0 heterocycles. The normalized spacial score (nSPS) is 17.9. The summed E-state index contributed by atoms with van der Waals surface area (Å²) in [7, 11) is 0. The average molecular weight is 235 g/mol. The third-order valence-corrected chi connectivity index (χ3v) is 2.76. The smallest absolute Gasteiger partial charge is 0.0728 e. The van der Waals surface area contributed by atoms with Crippen molar-refractivity contribution >= 4 is 11.6 Å². The van der Waals surface area contributed by atoms with E-state index < -0.39 is 12.2 Å². The Labute approximate surface area is 98.0 Å². The minimum Gasteiger partial charge on any atom is -0.393 e. The number of halogens is 1. The van der Waals surface area contributed by atoms with Gasteiger partial charge in [-0.05, 0) is 32.6 Å². The highest BCUT2D eigenvalue weighted by Gasteiger charge is 2.17. The molecule has 2 nitrogen and oxygen atoms in total. The molecule has 0 aromatic carbocycles. The van der Waals surface area contributed by atoms with Gasteiger partial charge < -0.3 is 10.2 Å². The quantitative estimate of drug-likeness (QED) is 0.385. The van der Waals surface area contributed by atoms with Crippen molar-refractivity contribution in [2.75, 3.05) is 0 Å². The molecule has 0 aliphatic rings. The van der Waals surface area contributed by atoms with E-state index in [9.17, 15) is 5.11 Å². The Morgan fingerprint density at radius 3 is 2.47 bits per heavy atom. The van der Waals surface area contributed by atoms with Crippen LogP contribution in [0.5, 0.6) is 0 Å². The van der Waals surface area contributed by atoms with E-state index in [2.05, 4.69) is 19.1 Å². The Kier molecular flexibility index (Phi) is 9.17. The molecular weight excluding hydrogens is 212 g/mol. The van der Waals surface area contributed by atoms with Crippen LogP contribution >= 0.6 is 11.6 Å². The van der Waals surface area contributed by atoms with Crippen molar-refractivity contribution in [3.05, 3.63) is 12.2 Å². The van der Waals surface area contributed by atoms with Crippen LogP contribution in [0.15, 0.2) is 12.2 Å². The maximum Gasteiger partial charge on any atom is 0.0728 e. The molecule has 0 unspecified atom stereocenters. The van der Waals surface area contributed by atoms with Gasteiger partial charge in [0.15, 0.2) is 0 Å². The second-order valence-corrected chi connectivity index (χ2v) is 4.54. The molecule has 0 saturated carbocycles. The van der Waals surface area contributed by atoms with Crippen molar-refractivity contribution in [1.29, 1.82) is 0 Å². The monoisotopic (exact) mass is 234 g/mol. The zero-order valence-corrected chi connectivity index (χ0v) is 10.5. The maximum atomic E-state index is 9.58. The third kappa shape index (κ3) is 8.91. The molecule has 0 amide bonds. The first kappa shape index (κ1) is 14.9. The minimum absolute atomic E-state index is 0.241. The van der Waals surface area contributed by atoms with E-state index in [1.807, 2.05) is 0 Å². The summed E-state index contributed by atoms with van der Waals surface area (Å²) in [4.78, 5) is 0. The Hall–Kier alpha value is -0.0500. The van der Waals surface area contributed by atoms with E-state index in [4.69, 9.17) is 16.7 Å². The predicted octanol–water partition coefficient (Wildman–Crippen LogP) is 2.86. The van der Waals surface area contributed by atoms with Crippen LogP contribution in [0.4, 0.5) is 0 Å². The summed E-state index contributed by atoms with van der Waals surface area (Å²) in [6.07, 6.45) is 7.42. The van der Waals surface area contributed by atoms with Crippen molar-refractivity contribution in [2.24, 2.45) is 0 Å². The summed E-state index contributed by atoms with van der Waals surface area (Å²) in [5.41, 5.74) is 0. The Balaban J connectivity index is 3.55. The summed E-state index contributed by atoms with van der Waals surface area (Å²) in [5.74, 6) is 0. The summed E-state index contributed by atoms with van der Waals surface area (Å²) in [5, 5.41) is 18.4. The molecule has 0 aliphatic carbocycles. The standard InChI is InChI=1S/C12H23ClO2/c1-3-4-5-6-7-8-11(13)12(15)9-10(2)14/h4-5,10-12,14-15H,3,6-9H2,1-2H3/t10-,11+,12-/m0/s1. The number of hydrogen-bond acceptors (Lipinski definition) is 2. The second-order valence-electron chi connectivity index (χ2n) is 3.98. The zero-order chi connectivity index (χ0) is 11.7. The summed E-state index contributed by atoms with van der Waals surface area (Å²) in [6, 6.07) is 0. The first-order valence-electron chi connectivity index (χ1n) is 5.73. The lowest BCUT2D eigenvalue weighted by Crippen LogP contribution is -2.25. The van der Waals surface area contributed by atoms with Crippen LogP contribution in [-0.2, 0) is 0 Å². The minimum atomic E-state index is -0.596. The zero-order valence-electron chi connectivity index (χ0n) is 9.69. The molecule has 0 aromatic heterocycles. The number of hydrogen-bond donors (Lipinski definition) is 2. The number of aliphatic hydroxyl groups excluding tert-OH is 2. The van der Waals surface area contributed by atoms with Gasteiger partial charge in [0.2, 0.25) is 0 Å². The van der Waals surface area contributed by atoms with Crippen molar-refractivity contribution in [1.82, 2.24) is 0 Å². The number of rotatable bonds is 8. The fraction of sp³-hybridized carbons (Fsp3) is 0.833. The predicted molar refractivity (Wildman–Crippen MR) is 65.2 cm³/mol. The molecule has 0 spiro atoms. The highest BCUT2D eigenvalue weighted by molar-refractivity contribution is 6.21. The average Bonchev–Trinajstić information content (AvgIpc) is 2.16. The molecule has 0 aromatic rings. The fourth-order valence-electron chi connectivity index (χ4n) is 1.40. The van der Waals surface area contributed by atoms with E-state index >= 15 is 0 Å². The fourth-order valence-corrected chi connectivity index (χ4v) is 1.66. The Bertz CT molecular complexity index is 169. The van der Waals surface area contributed by atoms with Gasteiger partial charge in [0.1, 0.15) is 0 Å². The van der Waals surface area contributed by atoms with Crippen molar-refractivity contribution in [2.45, 2.75) is 63.5 Å². The van der Waals surface area contributed by atoms with Crippen LogP contribution in [0.3, 0.4) is 0 Å². The molecule has 15 heavy (non-hydrogen) atoms. The summed E-state index contributed by atoms with van der Waals surface area (Å²) < 4.78 is 0. The van der Waals surface area contributed by atoms with Crippen LogP contribution in [0.1, 0.15) is 46.0 Å². The topological polar surface area (TPSA) is 40.5 Å². The van der Waals surface area contributed by atoms with E-state index in [0.717, 1.165) is 25.7 Å². The number of allylic oxidation sites excluding steroid dienone is 2. The number of alkyl halides is 1. The van der Waals surface area contributed by atoms with Crippen molar-refractivity contribution in [3.63, 3.8) is 0 Å². The molecule has 2 N–H and O–H groups in total. The lowest BCUT2D eigenvalue weighted by atomic mass is 10.0. The van der Waals surface area contributed by atoms with E-state index in [1.54, 1.807) is 6.92 Å². The van der Waals surface area contributed by atoms with Gasteiger partial charge >= 0.3 is 0 Å². The van der Waals surface area contributed by atoms with Crippen LogP contribution in [0.2, 0.25) is 0 Å². The van der Waals surface area contributed by atoms with Gasteiger partial charge in [0.25, 0.3) is 0 Å². The molecule has 0 aliphatic heterocycles. The molecule has 0 rings (SSSR count). The highest BCUT2D eigenvalue weighted by Crippen LogP contribution is 2.16. The summed E-state index contributed by atoms with van der Waals surface area (Å²) >= 11 is 6.00. The van der Waals surface area contributed by atoms with Gasteiger partial charge in [-0.15, -0.1) is 11.6 Å². The summed E-state index contributed by atoms with van der Waals surface area (Å²) in [6.45, 7) is 3.77. The molecule has 0 saturated heterocycles. The van der Waals surface area contributed by atoms with E-state index in [1.165, 1.54) is 0 Å². The van der Waals surface area contributed by atoms with Crippen LogP contribution in [0, 0.1) is 0 Å². The molecule has 0 radical (unpaired) electrons. The lowest BCUT2D eigenvalue weighted by molar-refractivity contribution is 0.0859. The van der Waals surface area contributed by atoms with Crippen LogP contribution in [0.25, 0.3) is 0 Å². The molecule has 90 valence electrons. The first-order chi connectivity index (χ1) is 7.07.